The molecule has 2 aromatic heterocycles. The Morgan fingerprint density at radius 1 is 1.64 bits per heavy atom. The highest BCUT2D eigenvalue weighted by atomic mass is 35.5. The molecule has 0 spiro atoms. The van der Waals surface area contributed by atoms with Crippen LogP contribution in [-0.2, 0) is 4.74 Å². The highest BCUT2D eigenvalue weighted by Gasteiger charge is 2.11. The molecular weight excluding hydrogens is 204 g/mol. The molecule has 0 aliphatic rings. The highest BCUT2D eigenvalue weighted by Crippen LogP contribution is 2.13. The number of imidazole rings is 1. The monoisotopic (exact) mass is 210 g/mol. The van der Waals surface area contributed by atoms with Gasteiger partial charge in [-0.15, -0.1) is 0 Å². The number of rotatable bonds is 1. The SMILES string of the molecule is COC(=O)c1cnc2cc(Cl)ccn12. The molecule has 5 heteroatoms. The van der Waals surface area contributed by atoms with Gasteiger partial charge in [0.1, 0.15) is 5.65 Å². The van der Waals surface area contributed by atoms with Gasteiger partial charge in [-0.2, -0.15) is 0 Å². The fourth-order valence-corrected chi connectivity index (χ4v) is 1.37. The Labute approximate surface area is 85.1 Å². The molecule has 0 unspecified atom stereocenters. The number of hydrogen-bond acceptors (Lipinski definition) is 3. The van der Waals surface area contributed by atoms with E-state index in [9.17, 15) is 4.79 Å². The van der Waals surface area contributed by atoms with E-state index >= 15 is 0 Å². The van der Waals surface area contributed by atoms with Gasteiger partial charge in [0.05, 0.1) is 13.3 Å². The van der Waals surface area contributed by atoms with Gasteiger partial charge in [-0.3, -0.25) is 4.40 Å². The van der Waals surface area contributed by atoms with Gasteiger partial charge in [0, 0.05) is 17.3 Å². The van der Waals surface area contributed by atoms with Crippen LogP contribution in [0.4, 0.5) is 0 Å². The van der Waals surface area contributed by atoms with Gasteiger partial charge in [-0.25, -0.2) is 9.78 Å². The van der Waals surface area contributed by atoms with Crippen LogP contribution in [0.15, 0.2) is 24.5 Å². The summed E-state index contributed by atoms with van der Waals surface area (Å²) in [5.41, 5.74) is 1.01. The number of nitrogens with zero attached hydrogens (tertiary/aromatic N) is 2. The van der Waals surface area contributed by atoms with E-state index in [0.29, 0.717) is 16.4 Å². The molecule has 0 saturated carbocycles. The molecule has 2 heterocycles. The number of halogens is 1. The summed E-state index contributed by atoms with van der Waals surface area (Å²) >= 11 is 5.77. The third-order valence-electron chi connectivity index (χ3n) is 1.87. The van der Waals surface area contributed by atoms with Crippen LogP contribution in [0.1, 0.15) is 10.5 Å². The fraction of sp³-hybridized carbons (Fsp3) is 0.111. The number of hydrogen-bond donors (Lipinski definition) is 0. The Hall–Kier alpha value is -1.55. The minimum absolute atomic E-state index is 0.388. The van der Waals surface area contributed by atoms with Crippen molar-refractivity contribution in [3.8, 4) is 0 Å². The Morgan fingerprint density at radius 3 is 3.14 bits per heavy atom. The van der Waals surface area contributed by atoms with Gasteiger partial charge in [0.2, 0.25) is 0 Å². The summed E-state index contributed by atoms with van der Waals surface area (Å²) in [6.45, 7) is 0. The topological polar surface area (TPSA) is 43.6 Å². The largest absolute Gasteiger partial charge is 0.464 e. The van der Waals surface area contributed by atoms with E-state index in [-0.39, 0.29) is 0 Å². The van der Waals surface area contributed by atoms with E-state index in [1.165, 1.54) is 13.3 Å². The minimum Gasteiger partial charge on any atom is -0.464 e. The molecule has 0 aliphatic heterocycles. The molecule has 72 valence electrons. The predicted octanol–water partition coefficient (Wildman–Crippen LogP) is 1.77. The van der Waals surface area contributed by atoms with Crippen molar-refractivity contribution in [2.24, 2.45) is 0 Å². The van der Waals surface area contributed by atoms with Crippen molar-refractivity contribution >= 4 is 23.2 Å². The fourth-order valence-electron chi connectivity index (χ4n) is 1.21. The summed E-state index contributed by atoms with van der Waals surface area (Å²) < 4.78 is 6.22. The molecule has 4 nitrogen and oxygen atoms in total. The van der Waals surface area contributed by atoms with Gasteiger partial charge in [-0.1, -0.05) is 11.6 Å². The zero-order valence-corrected chi connectivity index (χ0v) is 8.15. The van der Waals surface area contributed by atoms with Gasteiger partial charge in [0.15, 0.2) is 5.69 Å². The molecule has 2 aromatic rings. The molecule has 0 radical (unpaired) electrons. The second-order valence-corrected chi connectivity index (χ2v) is 3.14. The third kappa shape index (κ3) is 1.33. The van der Waals surface area contributed by atoms with Crippen LogP contribution in [0.25, 0.3) is 5.65 Å². The van der Waals surface area contributed by atoms with Crippen molar-refractivity contribution in [3.05, 3.63) is 35.2 Å². The average molecular weight is 211 g/mol. The number of pyridine rings is 1. The maximum absolute atomic E-state index is 11.3. The first-order valence-corrected chi connectivity index (χ1v) is 4.31. The van der Waals surface area contributed by atoms with Crippen LogP contribution in [0.3, 0.4) is 0 Å². The van der Waals surface area contributed by atoms with Crippen LogP contribution in [0.2, 0.25) is 5.02 Å². The molecule has 0 N–H and O–H groups in total. The molecule has 0 bridgehead atoms. The van der Waals surface area contributed by atoms with E-state index < -0.39 is 5.97 Å². The van der Waals surface area contributed by atoms with Crippen molar-refractivity contribution in [1.82, 2.24) is 9.38 Å². The van der Waals surface area contributed by atoms with Crippen molar-refractivity contribution in [2.75, 3.05) is 7.11 Å². The number of methoxy groups -OCH3 is 1. The zero-order chi connectivity index (χ0) is 10.1. The Bertz CT molecular complexity index is 493. The smallest absolute Gasteiger partial charge is 0.356 e. The third-order valence-corrected chi connectivity index (χ3v) is 2.10. The standard InChI is InChI=1S/C9H7ClN2O2/c1-14-9(13)7-5-11-8-4-6(10)2-3-12(7)8/h2-5H,1H3. The first-order valence-electron chi connectivity index (χ1n) is 3.93. The van der Waals surface area contributed by atoms with Gasteiger partial charge in [-0.05, 0) is 6.07 Å². The van der Waals surface area contributed by atoms with Crippen LogP contribution in [-0.4, -0.2) is 22.5 Å². The molecule has 0 fully saturated rings. The van der Waals surface area contributed by atoms with Crippen molar-refractivity contribution in [2.45, 2.75) is 0 Å². The van der Waals surface area contributed by atoms with Crippen molar-refractivity contribution in [1.29, 1.82) is 0 Å². The molecule has 14 heavy (non-hydrogen) atoms. The maximum atomic E-state index is 11.3. The lowest BCUT2D eigenvalue weighted by Crippen LogP contribution is -2.04. The number of esters is 1. The quantitative estimate of drug-likeness (QED) is 0.674. The second-order valence-electron chi connectivity index (χ2n) is 2.71. The van der Waals surface area contributed by atoms with Crippen LogP contribution >= 0.6 is 11.6 Å². The number of aromatic nitrogens is 2. The normalized spacial score (nSPS) is 10.4. The van der Waals surface area contributed by atoms with Crippen molar-refractivity contribution < 1.29 is 9.53 Å². The van der Waals surface area contributed by atoms with Crippen molar-refractivity contribution in [3.63, 3.8) is 0 Å². The number of fused-ring (bicyclic) bond motifs is 1. The molecule has 2 rings (SSSR count). The van der Waals surface area contributed by atoms with Crippen LogP contribution in [0, 0.1) is 0 Å². The van der Waals surface area contributed by atoms with E-state index in [0.717, 1.165) is 0 Å². The molecule has 0 atom stereocenters. The van der Waals surface area contributed by atoms with Gasteiger partial charge in [0.25, 0.3) is 0 Å². The van der Waals surface area contributed by atoms with E-state index in [4.69, 9.17) is 11.6 Å². The van der Waals surface area contributed by atoms with E-state index in [1.54, 1.807) is 22.7 Å². The van der Waals surface area contributed by atoms with Gasteiger partial charge >= 0.3 is 5.97 Å². The Kier molecular flexibility index (Phi) is 2.13. The number of ether oxygens (including phenoxy) is 1. The summed E-state index contributed by atoms with van der Waals surface area (Å²) in [6, 6.07) is 3.36. The first kappa shape index (κ1) is 9.02. The number of carbonyl (C=O) groups is 1. The average Bonchev–Trinajstić information content (AvgIpc) is 2.59. The predicted molar refractivity (Wildman–Crippen MR) is 51.5 cm³/mol. The lowest BCUT2D eigenvalue weighted by molar-refractivity contribution is 0.0593. The van der Waals surface area contributed by atoms with E-state index in [1.807, 2.05) is 0 Å². The molecule has 0 aliphatic carbocycles. The number of carbonyl (C=O) groups excluding carboxylic acids is 1. The summed E-state index contributed by atoms with van der Waals surface area (Å²) in [7, 11) is 1.33. The Balaban J connectivity index is 2.64. The minimum atomic E-state index is -0.417. The first-order chi connectivity index (χ1) is 6.72. The molecule has 0 aromatic carbocycles. The molecule has 0 saturated heterocycles. The zero-order valence-electron chi connectivity index (χ0n) is 7.40. The maximum Gasteiger partial charge on any atom is 0.356 e. The summed E-state index contributed by atoms with van der Waals surface area (Å²) in [5, 5.41) is 0.583. The lowest BCUT2D eigenvalue weighted by atomic mass is 10.4. The summed E-state index contributed by atoms with van der Waals surface area (Å²) in [5.74, 6) is -0.417. The van der Waals surface area contributed by atoms with Crippen LogP contribution in [0.5, 0.6) is 0 Å². The second kappa shape index (κ2) is 3.31. The molecule has 0 amide bonds. The van der Waals surface area contributed by atoms with Gasteiger partial charge < -0.3 is 4.74 Å². The summed E-state index contributed by atoms with van der Waals surface area (Å²) in [4.78, 5) is 15.3. The molecular formula is C9H7ClN2O2. The summed E-state index contributed by atoms with van der Waals surface area (Å²) in [6.07, 6.45) is 3.13. The van der Waals surface area contributed by atoms with E-state index in [2.05, 4.69) is 9.72 Å². The highest BCUT2D eigenvalue weighted by molar-refractivity contribution is 6.30. The van der Waals surface area contributed by atoms with Crippen LogP contribution < -0.4 is 0 Å². The lowest BCUT2D eigenvalue weighted by Gasteiger charge is -1.98. The Morgan fingerprint density at radius 2 is 2.43 bits per heavy atom.